The second-order valence-electron chi connectivity index (χ2n) is 7.08. The monoisotopic (exact) mass is 368 g/mol. The van der Waals surface area contributed by atoms with E-state index in [9.17, 15) is 0 Å². The molecule has 7 heteroatoms. The summed E-state index contributed by atoms with van der Waals surface area (Å²) in [6.07, 6.45) is 1.65. The molecular weight excluding hydrogens is 340 g/mol. The van der Waals surface area contributed by atoms with Crippen LogP contribution >= 0.6 is 0 Å². The first-order chi connectivity index (χ1) is 13.0. The Morgan fingerprint density at radius 1 is 1.07 bits per heavy atom. The number of nitrogens with zero attached hydrogens (tertiary/aromatic N) is 4. The quantitative estimate of drug-likeness (QED) is 0.633. The number of benzene rings is 1. The van der Waals surface area contributed by atoms with Crippen LogP contribution in [0.2, 0.25) is 0 Å². The van der Waals surface area contributed by atoms with Crippen LogP contribution in [-0.4, -0.2) is 57.1 Å². The van der Waals surface area contributed by atoms with E-state index < -0.39 is 0 Å². The number of hydrogen-bond donors (Lipinski definition) is 2. The second-order valence-corrected chi connectivity index (χ2v) is 7.08. The van der Waals surface area contributed by atoms with E-state index in [1.807, 2.05) is 24.3 Å². The first-order valence-electron chi connectivity index (χ1n) is 9.34. The summed E-state index contributed by atoms with van der Waals surface area (Å²) in [7, 11) is 1.65. The van der Waals surface area contributed by atoms with Gasteiger partial charge in [-0.3, -0.25) is 4.90 Å². The summed E-state index contributed by atoms with van der Waals surface area (Å²) in [5.74, 6) is 2.22. The molecule has 0 unspecified atom stereocenters. The molecule has 0 fully saturated rings. The maximum Gasteiger partial charge on any atom is 0.183 e. The second kappa shape index (κ2) is 8.35. The zero-order valence-electron chi connectivity index (χ0n) is 16.7. The minimum absolute atomic E-state index is 0.499. The summed E-state index contributed by atoms with van der Waals surface area (Å²) in [5, 5.41) is 3.46. The number of H-pyrrole nitrogens is 1. The van der Waals surface area contributed by atoms with Crippen molar-refractivity contribution >= 4 is 17.0 Å². The summed E-state index contributed by atoms with van der Waals surface area (Å²) in [4.78, 5) is 19.2. The fourth-order valence-electron chi connectivity index (χ4n) is 3.25. The Balaban J connectivity index is 1.83. The number of ether oxygens (including phenoxy) is 1. The molecule has 144 valence electrons. The Labute approximate surface area is 160 Å². The fraction of sp³-hybridized carbons (Fsp3) is 0.450. The number of rotatable bonds is 8. The normalized spacial score (nSPS) is 11.7. The van der Waals surface area contributed by atoms with Gasteiger partial charge in [-0.05, 0) is 52.0 Å². The zero-order valence-corrected chi connectivity index (χ0v) is 16.7. The molecule has 0 bridgehead atoms. The van der Waals surface area contributed by atoms with Gasteiger partial charge in [-0.1, -0.05) is 0 Å². The van der Waals surface area contributed by atoms with Gasteiger partial charge in [0.15, 0.2) is 17.3 Å². The van der Waals surface area contributed by atoms with Crippen LogP contribution in [0.1, 0.15) is 27.7 Å². The molecule has 0 radical (unpaired) electrons. The third kappa shape index (κ3) is 4.36. The van der Waals surface area contributed by atoms with Gasteiger partial charge in [0, 0.05) is 30.7 Å². The van der Waals surface area contributed by atoms with E-state index in [2.05, 4.69) is 52.9 Å². The van der Waals surface area contributed by atoms with Crippen LogP contribution < -0.4 is 10.1 Å². The van der Waals surface area contributed by atoms with E-state index in [1.165, 1.54) is 0 Å². The van der Waals surface area contributed by atoms with Gasteiger partial charge in [0.1, 0.15) is 11.3 Å². The lowest BCUT2D eigenvalue weighted by atomic mass is 10.2. The molecule has 3 rings (SSSR count). The molecule has 0 aliphatic carbocycles. The van der Waals surface area contributed by atoms with Gasteiger partial charge in [0.05, 0.1) is 13.4 Å². The van der Waals surface area contributed by atoms with Crippen LogP contribution in [0.5, 0.6) is 5.75 Å². The summed E-state index contributed by atoms with van der Waals surface area (Å²) in [6.45, 7) is 10.6. The van der Waals surface area contributed by atoms with Gasteiger partial charge >= 0.3 is 0 Å². The molecule has 0 aliphatic rings. The maximum absolute atomic E-state index is 5.23. The molecule has 27 heavy (non-hydrogen) atoms. The lowest BCUT2D eigenvalue weighted by molar-refractivity contribution is 0.182. The first kappa shape index (κ1) is 19.1. The number of nitrogens with one attached hydrogen (secondary N) is 2. The van der Waals surface area contributed by atoms with E-state index >= 15 is 0 Å². The topological polar surface area (TPSA) is 79.0 Å². The van der Waals surface area contributed by atoms with Crippen molar-refractivity contribution < 1.29 is 4.74 Å². The predicted molar refractivity (Wildman–Crippen MR) is 109 cm³/mol. The number of imidazole rings is 1. The minimum atomic E-state index is 0.499. The van der Waals surface area contributed by atoms with E-state index in [0.717, 1.165) is 35.7 Å². The Morgan fingerprint density at radius 2 is 1.78 bits per heavy atom. The third-order valence-electron chi connectivity index (χ3n) is 4.62. The van der Waals surface area contributed by atoms with Crippen LogP contribution in [0.4, 0.5) is 5.82 Å². The zero-order chi connectivity index (χ0) is 19.4. The third-order valence-corrected chi connectivity index (χ3v) is 4.62. The van der Waals surface area contributed by atoms with E-state index in [4.69, 9.17) is 9.72 Å². The van der Waals surface area contributed by atoms with Crippen molar-refractivity contribution in [2.45, 2.75) is 39.8 Å². The van der Waals surface area contributed by atoms with E-state index in [1.54, 1.807) is 13.4 Å². The van der Waals surface area contributed by atoms with Crippen molar-refractivity contribution in [1.82, 2.24) is 24.8 Å². The minimum Gasteiger partial charge on any atom is -0.497 e. The molecule has 0 atom stereocenters. The van der Waals surface area contributed by atoms with Crippen LogP contribution in [0, 0.1) is 0 Å². The van der Waals surface area contributed by atoms with Crippen molar-refractivity contribution in [3.63, 3.8) is 0 Å². The van der Waals surface area contributed by atoms with Gasteiger partial charge in [-0.2, -0.15) is 0 Å². The highest BCUT2D eigenvalue weighted by Gasteiger charge is 2.15. The number of anilines is 1. The summed E-state index contributed by atoms with van der Waals surface area (Å²) >= 11 is 0. The lowest BCUT2D eigenvalue weighted by Gasteiger charge is -2.30. The van der Waals surface area contributed by atoms with Crippen molar-refractivity contribution in [3.8, 4) is 17.1 Å². The molecule has 3 aromatic rings. The Hall–Kier alpha value is -2.67. The molecule has 0 aliphatic heterocycles. The lowest BCUT2D eigenvalue weighted by Crippen LogP contribution is -2.40. The molecule has 0 amide bonds. The number of fused-ring (bicyclic) bond motifs is 1. The summed E-state index contributed by atoms with van der Waals surface area (Å²) in [5.41, 5.74) is 2.41. The van der Waals surface area contributed by atoms with Crippen molar-refractivity contribution in [1.29, 1.82) is 0 Å². The van der Waals surface area contributed by atoms with Crippen LogP contribution in [0.15, 0.2) is 30.6 Å². The molecule has 1 aromatic carbocycles. The van der Waals surface area contributed by atoms with Gasteiger partial charge < -0.3 is 15.0 Å². The molecule has 0 saturated heterocycles. The van der Waals surface area contributed by atoms with Crippen molar-refractivity contribution in [2.75, 3.05) is 25.5 Å². The summed E-state index contributed by atoms with van der Waals surface area (Å²) < 4.78 is 5.23. The highest BCUT2D eigenvalue weighted by atomic mass is 16.5. The Kier molecular flexibility index (Phi) is 5.91. The van der Waals surface area contributed by atoms with Gasteiger partial charge in [0.25, 0.3) is 0 Å². The smallest absolute Gasteiger partial charge is 0.183 e. The maximum atomic E-state index is 5.23. The van der Waals surface area contributed by atoms with E-state index in [-0.39, 0.29) is 0 Å². The van der Waals surface area contributed by atoms with Crippen LogP contribution in [-0.2, 0) is 0 Å². The average Bonchev–Trinajstić information content (AvgIpc) is 3.13. The standard InChI is InChI=1S/C20H28N6O/c1-13(2)26(14(3)4)11-10-21-19-17-20(23-12-22-17)25-18(24-19)15-6-8-16(27-5)9-7-15/h6-9,12-14H,10-11H2,1-5H3,(H2,21,22,23,24,25). The fourth-order valence-corrected chi connectivity index (χ4v) is 3.25. The van der Waals surface area contributed by atoms with Crippen molar-refractivity contribution in [2.24, 2.45) is 0 Å². The van der Waals surface area contributed by atoms with Gasteiger partial charge in [0.2, 0.25) is 0 Å². The summed E-state index contributed by atoms with van der Waals surface area (Å²) in [6, 6.07) is 8.72. The van der Waals surface area contributed by atoms with Crippen LogP contribution in [0.25, 0.3) is 22.6 Å². The number of hydrogen-bond acceptors (Lipinski definition) is 6. The molecule has 0 spiro atoms. The highest BCUT2D eigenvalue weighted by Crippen LogP contribution is 2.24. The van der Waals surface area contributed by atoms with Crippen molar-refractivity contribution in [3.05, 3.63) is 30.6 Å². The van der Waals surface area contributed by atoms with Gasteiger partial charge in [-0.25, -0.2) is 15.0 Å². The van der Waals surface area contributed by atoms with E-state index in [0.29, 0.717) is 23.6 Å². The molecule has 2 N–H and O–H groups in total. The highest BCUT2D eigenvalue weighted by molar-refractivity contribution is 5.84. The number of aromatic nitrogens is 4. The first-order valence-corrected chi connectivity index (χ1v) is 9.34. The molecule has 0 saturated carbocycles. The SMILES string of the molecule is COc1ccc(-c2nc(NCCN(C(C)C)C(C)C)c3[nH]cnc3n2)cc1. The van der Waals surface area contributed by atoms with Crippen LogP contribution in [0.3, 0.4) is 0 Å². The molecular formula is C20H28N6O. The van der Waals surface area contributed by atoms with Gasteiger partial charge in [-0.15, -0.1) is 0 Å². The molecule has 7 nitrogen and oxygen atoms in total. The number of methoxy groups -OCH3 is 1. The average molecular weight is 368 g/mol. The molecule has 2 aromatic heterocycles. The molecule has 2 heterocycles. The Bertz CT molecular complexity index is 864. The largest absolute Gasteiger partial charge is 0.497 e. The Morgan fingerprint density at radius 3 is 2.41 bits per heavy atom. The number of aromatic amines is 1. The predicted octanol–water partition coefficient (Wildman–Crippen LogP) is 3.56.